The number of fused-ring (bicyclic) bond motifs is 1. The van der Waals surface area contributed by atoms with Crippen molar-refractivity contribution in [2.24, 2.45) is 17.8 Å². The number of anilines is 1. The number of rotatable bonds is 3. The number of hydrogen-bond acceptors (Lipinski definition) is 4. The maximum Gasteiger partial charge on any atom is 0.410 e. The van der Waals surface area contributed by atoms with Crippen LogP contribution in [-0.2, 0) is 0 Å². The van der Waals surface area contributed by atoms with E-state index in [9.17, 15) is 18.0 Å². The second kappa shape index (κ2) is 6.73. The fourth-order valence-corrected chi connectivity index (χ4v) is 7.72. The molecule has 31 heavy (non-hydrogen) atoms. The second-order valence-electron chi connectivity index (χ2n) is 10.0. The summed E-state index contributed by atoms with van der Waals surface area (Å²) in [4.78, 5) is 14.0. The van der Waals surface area contributed by atoms with Gasteiger partial charge in [0.2, 0.25) is 0 Å². The summed E-state index contributed by atoms with van der Waals surface area (Å²) in [5.41, 5.74) is -0.133. The molecule has 2 atom stereocenters. The molecule has 1 aliphatic heterocycles. The van der Waals surface area contributed by atoms with Gasteiger partial charge >= 0.3 is 6.18 Å². The Morgan fingerprint density at radius 2 is 1.84 bits per heavy atom. The average molecular weight is 451 g/mol. The van der Waals surface area contributed by atoms with Crippen LogP contribution in [0.25, 0.3) is 0 Å². The summed E-state index contributed by atoms with van der Waals surface area (Å²) in [5, 5.41) is 12.4. The summed E-state index contributed by atoms with van der Waals surface area (Å²) in [6.45, 7) is 0. The average Bonchev–Trinajstić information content (AvgIpc) is 3.34. The van der Waals surface area contributed by atoms with Crippen LogP contribution in [0, 0.1) is 17.8 Å². The van der Waals surface area contributed by atoms with Gasteiger partial charge in [-0.15, -0.1) is 11.3 Å². The predicted octanol–water partition coefficient (Wildman–Crippen LogP) is 5.30. The first-order chi connectivity index (χ1) is 14.8. The fraction of sp³-hybridized carbons (Fsp3) is 0.636. The van der Waals surface area contributed by atoms with Crippen LogP contribution in [0.1, 0.15) is 72.4 Å². The van der Waals surface area contributed by atoms with Crippen molar-refractivity contribution >= 4 is 23.1 Å². The highest BCUT2D eigenvalue weighted by molar-refractivity contribution is 7.10. The largest absolute Gasteiger partial charge is 0.410 e. The minimum atomic E-state index is -4.44. The monoisotopic (exact) mass is 450 g/mol. The summed E-state index contributed by atoms with van der Waals surface area (Å²) in [6, 6.07) is 2.95. The fourth-order valence-electron chi connectivity index (χ4n) is 6.93. The van der Waals surface area contributed by atoms with Gasteiger partial charge in [0.05, 0.1) is 6.04 Å². The number of alkyl halides is 3. The number of thiophene rings is 1. The molecule has 4 saturated carbocycles. The Bertz CT molecular complexity index is 964. The summed E-state index contributed by atoms with van der Waals surface area (Å²) >= 11 is 1.43. The molecule has 3 heterocycles. The molecule has 4 fully saturated rings. The number of halogens is 3. The van der Waals surface area contributed by atoms with Crippen LogP contribution >= 0.6 is 11.3 Å². The van der Waals surface area contributed by atoms with Crippen LogP contribution in [-0.4, -0.2) is 27.4 Å². The van der Waals surface area contributed by atoms with E-state index in [1.807, 2.05) is 17.5 Å². The van der Waals surface area contributed by atoms with E-state index in [1.54, 1.807) is 0 Å². The molecule has 5 aliphatic rings. The highest BCUT2D eigenvalue weighted by atomic mass is 32.1. The Balaban J connectivity index is 1.27. The van der Waals surface area contributed by atoms with E-state index in [2.05, 4.69) is 15.7 Å². The van der Waals surface area contributed by atoms with Gasteiger partial charge in [-0.05, 0) is 67.7 Å². The second-order valence-corrected chi connectivity index (χ2v) is 11.0. The third kappa shape index (κ3) is 3.36. The molecule has 2 aromatic heterocycles. The van der Waals surface area contributed by atoms with E-state index in [4.69, 9.17) is 0 Å². The van der Waals surface area contributed by atoms with Crippen LogP contribution in [0.4, 0.5) is 19.0 Å². The molecule has 2 aromatic rings. The van der Waals surface area contributed by atoms with Crippen molar-refractivity contribution in [1.82, 2.24) is 15.1 Å². The lowest BCUT2D eigenvalue weighted by molar-refractivity contribution is -0.173. The minimum Gasteiger partial charge on any atom is -0.363 e. The third-order valence-electron chi connectivity index (χ3n) is 7.73. The lowest BCUT2D eigenvalue weighted by Crippen LogP contribution is -2.59. The van der Waals surface area contributed by atoms with Gasteiger partial charge < -0.3 is 10.6 Å². The number of carbonyl (C=O) groups excluding carboxylic acids is 1. The van der Waals surface area contributed by atoms with Crippen molar-refractivity contribution in [3.8, 4) is 0 Å². The normalized spacial score (nSPS) is 36.2. The molecular formula is C22H25F3N4OS. The molecule has 0 radical (unpaired) electrons. The third-order valence-corrected chi connectivity index (χ3v) is 8.71. The number of amides is 1. The van der Waals surface area contributed by atoms with Crippen molar-refractivity contribution in [3.63, 3.8) is 0 Å². The summed E-state index contributed by atoms with van der Waals surface area (Å²) in [6.07, 6.45) is 2.16. The van der Waals surface area contributed by atoms with Gasteiger partial charge in [-0.3, -0.25) is 4.79 Å². The zero-order chi connectivity index (χ0) is 21.4. The minimum absolute atomic E-state index is 0.0688. The molecule has 4 aliphatic carbocycles. The molecule has 0 aromatic carbocycles. The quantitative estimate of drug-likeness (QED) is 0.667. The van der Waals surface area contributed by atoms with Crippen LogP contribution in [0.5, 0.6) is 0 Å². The van der Waals surface area contributed by atoms with E-state index in [0.29, 0.717) is 17.8 Å². The van der Waals surface area contributed by atoms with E-state index in [-0.39, 0.29) is 29.4 Å². The molecule has 0 unspecified atom stereocenters. The molecule has 166 valence electrons. The highest BCUT2D eigenvalue weighted by Gasteiger charge is 2.52. The number of aromatic nitrogens is 2. The zero-order valence-electron chi connectivity index (χ0n) is 17.0. The Labute approximate surface area is 182 Å². The van der Waals surface area contributed by atoms with Crippen molar-refractivity contribution < 1.29 is 18.0 Å². The maximum absolute atomic E-state index is 13.8. The number of carbonyl (C=O) groups is 1. The van der Waals surface area contributed by atoms with E-state index < -0.39 is 18.3 Å². The van der Waals surface area contributed by atoms with Crippen molar-refractivity contribution in [2.75, 3.05) is 5.32 Å². The number of nitrogens with one attached hydrogen (secondary N) is 2. The maximum atomic E-state index is 13.8. The molecule has 9 heteroatoms. The van der Waals surface area contributed by atoms with Crippen LogP contribution in [0.3, 0.4) is 0 Å². The highest BCUT2D eigenvalue weighted by Crippen LogP contribution is 2.55. The van der Waals surface area contributed by atoms with Gasteiger partial charge in [-0.1, -0.05) is 6.07 Å². The zero-order valence-corrected chi connectivity index (χ0v) is 17.8. The molecule has 7 rings (SSSR count). The molecular weight excluding hydrogens is 425 g/mol. The summed E-state index contributed by atoms with van der Waals surface area (Å²) in [7, 11) is 0. The van der Waals surface area contributed by atoms with Crippen molar-refractivity contribution in [1.29, 1.82) is 0 Å². The van der Waals surface area contributed by atoms with Crippen LogP contribution < -0.4 is 10.6 Å². The van der Waals surface area contributed by atoms with Crippen LogP contribution in [0.15, 0.2) is 23.6 Å². The smallest absolute Gasteiger partial charge is 0.363 e. The van der Waals surface area contributed by atoms with E-state index in [0.717, 1.165) is 28.8 Å². The summed E-state index contributed by atoms with van der Waals surface area (Å²) in [5.74, 6) is 1.92. The van der Waals surface area contributed by atoms with Crippen molar-refractivity contribution in [2.45, 2.75) is 68.7 Å². The first-order valence-electron chi connectivity index (χ1n) is 11.1. The van der Waals surface area contributed by atoms with E-state index >= 15 is 0 Å². The first kappa shape index (κ1) is 19.6. The van der Waals surface area contributed by atoms with Gasteiger partial charge in [-0.25, -0.2) is 4.68 Å². The predicted molar refractivity (Wildman–Crippen MR) is 111 cm³/mol. The first-order valence-corrected chi connectivity index (χ1v) is 11.9. The van der Waals surface area contributed by atoms with Crippen molar-refractivity contribution in [3.05, 3.63) is 34.2 Å². The standard InChI is InChI=1S/C22H25F3N4OS/c23-22(24,25)18-7-15(17-2-1-3-31-17)26-19-8-16(28-29(18)19)20(30)27-21-9-12-4-13(10-21)6-14(5-12)11-21/h1-3,8,12-15,18,26H,4-7,9-11H2,(H,27,30)/t12?,13?,14?,15-,18+,21?/m1/s1. The van der Waals surface area contributed by atoms with Gasteiger partial charge in [0.1, 0.15) is 5.82 Å². The van der Waals surface area contributed by atoms with Gasteiger partial charge in [0.25, 0.3) is 5.91 Å². The SMILES string of the molecule is O=C(NC12CC3CC(CC(C3)C1)C2)c1cc2n(n1)[C@H](C(F)(F)F)C[C@H](c1cccs1)N2. The Morgan fingerprint density at radius 3 is 2.42 bits per heavy atom. The molecule has 2 N–H and O–H groups in total. The summed E-state index contributed by atoms with van der Waals surface area (Å²) < 4.78 is 42.5. The Morgan fingerprint density at radius 1 is 1.16 bits per heavy atom. The number of hydrogen-bond donors (Lipinski definition) is 2. The van der Waals surface area contributed by atoms with Gasteiger partial charge in [0.15, 0.2) is 11.7 Å². The van der Waals surface area contributed by atoms with Crippen LogP contribution in [0.2, 0.25) is 0 Å². The van der Waals surface area contributed by atoms with E-state index in [1.165, 1.54) is 36.7 Å². The lowest BCUT2D eigenvalue weighted by Gasteiger charge is -2.56. The lowest BCUT2D eigenvalue weighted by atomic mass is 9.53. The molecule has 0 spiro atoms. The molecule has 1 amide bonds. The van der Waals surface area contributed by atoms with Gasteiger partial charge in [-0.2, -0.15) is 18.3 Å². The van der Waals surface area contributed by atoms with Gasteiger partial charge in [0, 0.05) is 22.9 Å². The Kier molecular flexibility index (Phi) is 4.27. The molecule has 5 nitrogen and oxygen atoms in total. The number of nitrogens with zero attached hydrogens (tertiary/aromatic N) is 2. The molecule has 0 saturated heterocycles. The Hall–Kier alpha value is -2.03. The topological polar surface area (TPSA) is 59.0 Å². The molecule has 4 bridgehead atoms.